The molecule has 22 heavy (non-hydrogen) atoms. The first kappa shape index (κ1) is 15.6. The molecule has 2 fully saturated rings. The van der Waals surface area contributed by atoms with Gasteiger partial charge in [0, 0.05) is 13.0 Å². The number of hydrogen-bond donors (Lipinski definition) is 0. The Hall–Kier alpha value is -1.33. The van der Waals surface area contributed by atoms with Crippen LogP contribution in [-0.2, 0) is 20.7 Å². The molecule has 2 aliphatic rings. The molecule has 0 spiro atoms. The summed E-state index contributed by atoms with van der Waals surface area (Å²) in [5, 5.41) is 0. The summed E-state index contributed by atoms with van der Waals surface area (Å²) >= 11 is 0. The second-order valence-corrected chi connectivity index (χ2v) is 6.05. The number of carbonyl (C=O) groups is 1. The molecule has 1 aromatic rings. The second kappa shape index (κ2) is 7.29. The van der Waals surface area contributed by atoms with Crippen LogP contribution in [0.15, 0.2) is 16.5 Å². The Labute approximate surface area is 131 Å². The van der Waals surface area contributed by atoms with E-state index >= 15 is 0 Å². The third kappa shape index (κ3) is 3.52. The first-order valence-electron chi connectivity index (χ1n) is 8.35. The molecule has 1 aliphatic heterocycles. The first-order chi connectivity index (χ1) is 10.8. The molecule has 5 heteroatoms. The lowest BCUT2D eigenvalue weighted by Crippen LogP contribution is -2.45. The van der Waals surface area contributed by atoms with Gasteiger partial charge in [-0.3, -0.25) is 4.79 Å². The summed E-state index contributed by atoms with van der Waals surface area (Å²) in [6, 6.07) is 3.80. The molecule has 1 amide bonds. The lowest BCUT2D eigenvalue weighted by Gasteiger charge is -2.34. The summed E-state index contributed by atoms with van der Waals surface area (Å²) in [5.74, 6) is 1.79. The molecule has 1 aromatic heterocycles. The highest BCUT2D eigenvalue weighted by atomic mass is 16.5. The van der Waals surface area contributed by atoms with E-state index in [1.807, 2.05) is 17.0 Å². The van der Waals surface area contributed by atoms with Crippen LogP contribution in [0, 0.1) is 0 Å². The SMILES string of the molecule is CCc1ccc(C2COCCN2C(=O)COC2CCCC2)o1. The van der Waals surface area contributed by atoms with Gasteiger partial charge in [-0.25, -0.2) is 0 Å². The summed E-state index contributed by atoms with van der Waals surface area (Å²) in [6.45, 7) is 3.89. The average molecular weight is 307 g/mol. The Morgan fingerprint density at radius 1 is 1.36 bits per heavy atom. The maximum Gasteiger partial charge on any atom is 0.249 e. The molecule has 2 heterocycles. The Morgan fingerprint density at radius 3 is 2.91 bits per heavy atom. The van der Waals surface area contributed by atoms with Gasteiger partial charge in [-0.15, -0.1) is 0 Å². The minimum Gasteiger partial charge on any atom is -0.464 e. The molecular weight excluding hydrogens is 282 g/mol. The normalized spacial score (nSPS) is 23.1. The predicted molar refractivity (Wildman–Crippen MR) is 81.6 cm³/mol. The number of hydrogen-bond acceptors (Lipinski definition) is 4. The van der Waals surface area contributed by atoms with E-state index in [-0.39, 0.29) is 24.7 Å². The van der Waals surface area contributed by atoms with Gasteiger partial charge in [0.25, 0.3) is 0 Å². The van der Waals surface area contributed by atoms with Crippen molar-refractivity contribution in [3.8, 4) is 0 Å². The zero-order chi connectivity index (χ0) is 15.4. The van der Waals surface area contributed by atoms with E-state index in [4.69, 9.17) is 13.9 Å². The van der Waals surface area contributed by atoms with Crippen LogP contribution >= 0.6 is 0 Å². The maximum atomic E-state index is 12.5. The van der Waals surface area contributed by atoms with Gasteiger partial charge in [-0.2, -0.15) is 0 Å². The number of aryl methyl sites for hydroxylation is 1. The number of rotatable bonds is 5. The fourth-order valence-corrected chi connectivity index (χ4v) is 3.23. The highest BCUT2D eigenvalue weighted by Crippen LogP contribution is 2.27. The average Bonchev–Trinajstić information content (AvgIpc) is 3.24. The molecular formula is C17H25NO4. The van der Waals surface area contributed by atoms with Crippen molar-refractivity contribution in [1.82, 2.24) is 4.90 Å². The smallest absolute Gasteiger partial charge is 0.249 e. The summed E-state index contributed by atoms with van der Waals surface area (Å²) in [4.78, 5) is 14.4. The largest absolute Gasteiger partial charge is 0.464 e. The number of morpholine rings is 1. The third-order valence-corrected chi connectivity index (χ3v) is 4.55. The highest BCUT2D eigenvalue weighted by molar-refractivity contribution is 5.78. The molecule has 3 rings (SSSR count). The Morgan fingerprint density at radius 2 is 2.18 bits per heavy atom. The van der Waals surface area contributed by atoms with Crippen molar-refractivity contribution in [2.75, 3.05) is 26.4 Å². The van der Waals surface area contributed by atoms with Crippen molar-refractivity contribution in [3.05, 3.63) is 23.7 Å². The van der Waals surface area contributed by atoms with Crippen molar-refractivity contribution < 1.29 is 18.7 Å². The number of amides is 1. The van der Waals surface area contributed by atoms with Gasteiger partial charge < -0.3 is 18.8 Å². The molecule has 0 bridgehead atoms. The van der Waals surface area contributed by atoms with Crippen molar-refractivity contribution in [3.63, 3.8) is 0 Å². The van der Waals surface area contributed by atoms with Crippen LogP contribution in [0.4, 0.5) is 0 Å². The monoisotopic (exact) mass is 307 g/mol. The predicted octanol–water partition coefficient (Wildman–Crippen LogP) is 2.70. The molecule has 0 aromatic carbocycles. The summed E-state index contributed by atoms with van der Waals surface area (Å²) in [7, 11) is 0. The minimum absolute atomic E-state index is 0.0367. The van der Waals surface area contributed by atoms with E-state index in [2.05, 4.69) is 6.92 Å². The van der Waals surface area contributed by atoms with Gasteiger partial charge in [-0.05, 0) is 25.0 Å². The molecule has 1 unspecified atom stereocenters. The maximum absolute atomic E-state index is 12.5. The van der Waals surface area contributed by atoms with Gasteiger partial charge in [0.1, 0.15) is 24.2 Å². The van der Waals surface area contributed by atoms with Gasteiger partial charge in [-0.1, -0.05) is 19.8 Å². The molecule has 1 aliphatic carbocycles. The fraction of sp³-hybridized carbons (Fsp3) is 0.706. The number of furan rings is 1. The molecule has 0 N–H and O–H groups in total. The summed E-state index contributed by atoms with van der Waals surface area (Å²) in [6.07, 6.45) is 5.71. The van der Waals surface area contributed by atoms with E-state index in [9.17, 15) is 4.79 Å². The molecule has 1 saturated carbocycles. The van der Waals surface area contributed by atoms with Gasteiger partial charge in [0.15, 0.2) is 0 Å². The summed E-state index contributed by atoms with van der Waals surface area (Å²) < 4.78 is 17.1. The van der Waals surface area contributed by atoms with Crippen LogP contribution < -0.4 is 0 Å². The summed E-state index contributed by atoms with van der Waals surface area (Å²) in [5.41, 5.74) is 0. The van der Waals surface area contributed by atoms with E-state index in [0.29, 0.717) is 19.8 Å². The second-order valence-electron chi connectivity index (χ2n) is 6.05. The number of carbonyl (C=O) groups excluding carboxylic acids is 1. The number of nitrogens with zero attached hydrogens (tertiary/aromatic N) is 1. The van der Waals surface area contributed by atoms with Crippen molar-refractivity contribution in [2.45, 2.75) is 51.2 Å². The number of ether oxygens (including phenoxy) is 2. The van der Waals surface area contributed by atoms with Crippen molar-refractivity contribution in [1.29, 1.82) is 0 Å². The standard InChI is InChI=1S/C17H25NO4/c1-2-13-7-8-16(22-13)15-11-20-10-9-18(15)17(19)12-21-14-5-3-4-6-14/h7-8,14-15H,2-6,9-12H2,1H3. The Balaban J connectivity index is 1.62. The molecule has 1 saturated heterocycles. The van der Waals surface area contributed by atoms with Crippen LogP contribution in [0.3, 0.4) is 0 Å². The van der Waals surface area contributed by atoms with Crippen LogP contribution in [0.25, 0.3) is 0 Å². The van der Waals surface area contributed by atoms with E-state index in [1.165, 1.54) is 12.8 Å². The van der Waals surface area contributed by atoms with Crippen LogP contribution in [0.5, 0.6) is 0 Å². The van der Waals surface area contributed by atoms with Crippen LogP contribution in [-0.4, -0.2) is 43.3 Å². The van der Waals surface area contributed by atoms with Crippen LogP contribution in [0.1, 0.15) is 50.2 Å². The molecule has 0 radical (unpaired) electrons. The zero-order valence-corrected chi connectivity index (χ0v) is 13.3. The Bertz CT molecular complexity index is 493. The van der Waals surface area contributed by atoms with E-state index < -0.39 is 0 Å². The van der Waals surface area contributed by atoms with E-state index in [0.717, 1.165) is 30.8 Å². The van der Waals surface area contributed by atoms with Gasteiger partial charge >= 0.3 is 0 Å². The zero-order valence-electron chi connectivity index (χ0n) is 13.3. The van der Waals surface area contributed by atoms with Gasteiger partial charge in [0.2, 0.25) is 5.91 Å². The highest BCUT2D eigenvalue weighted by Gasteiger charge is 2.31. The lowest BCUT2D eigenvalue weighted by molar-refractivity contribution is -0.147. The van der Waals surface area contributed by atoms with Crippen molar-refractivity contribution >= 4 is 5.91 Å². The van der Waals surface area contributed by atoms with Gasteiger partial charge in [0.05, 0.1) is 19.3 Å². The van der Waals surface area contributed by atoms with E-state index in [1.54, 1.807) is 0 Å². The first-order valence-corrected chi connectivity index (χ1v) is 8.35. The minimum atomic E-state index is -0.131. The molecule has 5 nitrogen and oxygen atoms in total. The molecule has 122 valence electrons. The fourth-order valence-electron chi connectivity index (χ4n) is 3.23. The quantitative estimate of drug-likeness (QED) is 0.839. The molecule has 1 atom stereocenters. The third-order valence-electron chi connectivity index (χ3n) is 4.55. The van der Waals surface area contributed by atoms with Crippen LogP contribution in [0.2, 0.25) is 0 Å². The van der Waals surface area contributed by atoms with Crippen molar-refractivity contribution in [2.24, 2.45) is 0 Å². The Kier molecular flexibility index (Phi) is 5.16. The topological polar surface area (TPSA) is 51.9 Å². The lowest BCUT2D eigenvalue weighted by atomic mass is 10.1.